The Hall–Kier alpha value is 0.310. The van der Waals surface area contributed by atoms with Crippen LogP contribution in [-0.4, -0.2) is 24.2 Å². The zero-order valence-corrected chi connectivity index (χ0v) is 10.6. The van der Waals surface area contributed by atoms with E-state index >= 15 is 0 Å². The summed E-state index contributed by atoms with van der Waals surface area (Å²) in [6.07, 6.45) is 7.17. The van der Waals surface area contributed by atoms with Crippen LogP contribution in [-0.2, 0) is 4.74 Å². The molecule has 0 heterocycles. The second-order valence-electron chi connectivity index (χ2n) is 4.43. The van der Waals surface area contributed by atoms with Crippen LogP contribution in [0.2, 0.25) is 0 Å². The van der Waals surface area contributed by atoms with Crippen molar-refractivity contribution in [3.05, 3.63) is 0 Å². The maximum atomic E-state index is 5.38. The van der Waals surface area contributed by atoms with Crippen LogP contribution < -0.4 is 0 Å². The Kier molecular flexibility index (Phi) is 5.95. The molecule has 1 saturated carbocycles. The Morgan fingerprint density at radius 2 is 1.93 bits per heavy atom. The predicted octanol–water partition coefficient (Wildman–Crippen LogP) is 3.72. The molecule has 0 amide bonds. The first kappa shape index (κ1) is 12.4. The summed E-state index contributed by atoms with van der Waals surface area (Å²) in [4.78, 5) is 0. The lowest BCUT2D eigenvalue weighted by molar-refractivity contribution is 0.0599. The van der Waals surface area contributed by atoms with Crippen LogP contribution in [0.4, 0.5) is 0 Å². The molecule has 0 aromatic rings. The topological polar surface area (TPSA) is 9.23 Å². The fraction of sp³-hybridized carbons (Fsp3) is 1.00. The number of ether oxygens (including phenoxy) is 1. The minimum Gasteiger partial charge on any atom is -0.381 e. The minimum absolute atomic E-state index is 0.555. The van der Waals surface area contributed by atoms with Gasteiger partial charge in [0.05, 0.1) is 6.10 Å². The van der Waals surface area contributed by atoms with Crippen molar-refractivity contribution in [2.75, 3.05) is 12.9 Å². The summed E-state index contributed by atoms with van der Waals surface area (Å²) in [7, 11) is 1.85. The van der Waals surface area contributed by atoms with Crippen molar-refractivity contribution in [1.82, 2.24) is 0 Å². The molecule has 2 heteroatoms. The molecular weight excluding hydrogens is 192 g/mol. The molecule has 84 valence electrons. The average Bonchev–Trinajstić information content (AvgIpc) is 2.26. The fourth-order valence-electron chi connectivity index (χ4n) is 1.95. The van der Waals surface area contributed by atoms with E-state index in [4.69, 9.17) is 4.74 Å². The first-order chi connectivity index (χ1) is 6.76. The van der Waals surface area contributed by atoms with Gasteiger partial charge in [-0.3, -0.25) is 0 Å². The Labute approximate surface area is 93.0 Å². The van der Waals surface area contributed by atoms with Gasteiger partial charge in [0.25, 0.3) is 0 Å². The van der Waals surface area contributed by atoms with E-state index in [1.807, 2.05) is 7.11 Å². The molecule has 0 bridgehead atoms. The molecule has 0 aromatic carbocycles. The van der Waals surface area contributed by atoms with E-state index in [0.29, 0.717) is 6.10 Å². The molecule has 1 atom stereocenters. The monoisotopic (exact) mass is 216 g/mol. The molecule has 1 nitrogen and oxygen atoms in total. The highest BCUT2D eigenvalue weighted by atomic mass is 32.2. The van der Waals surface area contributed by atoms with Crippen LogP contribution in [0.1, 0.15) is 46.0 Å². The maximum Gasteiger partial charge on any atom is 0.0571 e. The van der Waals surface area contributed by atoms with Gasteiger partial charge in [0.2, 0.25) is 0 Å². The summed E-state index contributed by atoms with van der Waals surface area (Å²) in [5, 5.41) is 0.843. The molecule has 0 saturated heterocycles. The molecule has 0 spiro atoms. The molecule has 1 aliphatic carbocycles. The lowest BCUT2D eigenvalue weighted by atomic mass is 9.89. The third-order valence-electron chi connectivity index (χ3n) is 3.32. The summed E-state index contributed by atoms with van der Waals surface area (Å²) in [5.74, 6) is 2.33. The van der Waals surface area contributed by atoms with E-state index in [1.165, 1.54) is 37.9 Å². The minimum atomic E-state index is 0.555. The van der Waals surface area contributed by atoms with Crippen molar-refractivity contribution < 1.29 is 4.74 Å². The molecule has 0 aromatic heterocycles. The Bertz CT molecular complexity index is 141. The summed E-state index contributed by atoms with van der Waals surface area (Å²) in [6, 6.07) is 0. The van der Waals surface area contributed by atoms with Crippen LogP contribution in [0.5, 0.6) is 0 Å². The highest BCUT2D eigenvalue weighted by Crippen LogP contribution is 2.30. The zero-order valence-electron chi connectivity index (χ0n) is 9.79. The molecule has 0 aliphatic heterocycles. The van der Waals surface area contributed by atoms with Crippen molar-refractivity contribution in [3.8, 4) is 0 Å². The number of hydrogen-bond donors (Lipinski definition) is 0. The van der Waals surface area contributed by atoms with Crippen molar-refractivity contribution in [1.29, 1.82) is 0 Å². The summed E-state index contributed by atoms with van der Waals surface area (Å²) >= 11 is 2.15. The molecule has 0 radical (unpaired) electrons. The molecule has 14 heavy (non-hydrogen) atoms. The van der Waals surface area contributed by atoms with Gasteiger partial charge in [-0.2, -0.15) is 11.8 Å². The summed E-state index contributed by atoms with van der Waals surface area (Å²) in [5.41, 5.74) is 0. The van der Waals surface area contributed by atoms with E-state index in [1.54, 1.807) is 0 Å². The van der Waals surface area contributed by atoms with Crippen molar-refractivity contribution in [2.24, 2.45) is 5.92 Å². The molecule has 1 aliphatic rings. The first-order valence-corrected chi connectivity index (χ1v) is 6.95. The zero-order chi connectivity index (χ0) is 10.4. The van der Waals surface area contributed by atoms with E-state index in [-0.39, 0.29) is 0 Å². The van der Waals surface area contributed by atoms with Crippen molar-refractivity contribution >= 4 is 11.8 Å². The smallest absolute Gasteiger partial charge is 0.0571 e. The Balaban J connectivity index is 2.10. The second kappa shape index (κ2) is 6.73. The molecule has 1 rings (SSSR count). The Morgan fingerprint density at radius 3 is 2.43 bits per heavy atom. The van der Waals surface area contributed by atoms with Gasteiger partial charge in [0.15, 0.2) is 0 Å². The van der Waals surface area contributed by atoms with Crippen LogP contribution in [0.25, 0.3) is 0 Å². The lowest BCUT2D eigenvalue weighted by Crippen LogP contribution is -2.21. The van der Waals surface area contributed by atoms with Crippen molar-refractivity contribution in [3.63, 3.8) is 0 Å². The highest BCUT2D eigenvalue weighted by Gasteiger charge is 2.20. The Morgan fingerprint density at radius 1 is 1.29 bits per heavy atom. The summed E-state index contributed by atoms with van der Waals surface area (Å²) < 4.78 is 5.38. The fourth-order valence-corrected chi connectivity index (χ4v) is 3.12. The van der Waals surface area contributed by atoms with Gasteiger partial charge >= 0.3 is 0 Å². The van der Waals surface area contributed by atoms with E-state index in [9.17, 15) is 0 Å². The third-order valence-corrected chi connectivity index (χ3v) is 4.88. The highest BCUT2D eigenvalue weighted by molar-refractivity contribution is 7.99. The number of methoxy groups -OCH3 is 1. The summed E-state index contributed by atoms with van der Waals surface area (Å²) in [6.45, 7) is 4.62. The van der Waals surface area contributed by atoms with E-state index < -0.39 is 0 Å². The standard InChI is InChI=1S/C12H24OS/c1-4-10(2)14-9-11-5-7-12(13-3)8-6-11/h10-12H,4-9H2,1-3H3. The third kappa shape index (κ3) is 4.22. The average molecular weight is 216 g/mol. The van der Waals surface area contributed by atoms with Gasteiger partial charge in [0.1, 0.15) is 0 Å². The molecule has 0 N–H and O–H groups in total. The number of rotatable bonds is 5. The van der Waals surface area contributed by atoms with Gasteiger partial charge in [0, 0.05) is 12.4 Å². The van der Waals surface area contributed by atoms with E-state index in [2.05, 4.69) is 25.6 Å². The van der Waals surface area contributed by atoms with Gasteiger partial charge in [-0.05, 0) is 43.8 Å². The second-order valence-corrected chi connectivity index (χ2v) is 5.90. The largest absolute Gasteiger partial charge is 0.381 e. The van der Waals surface area contributed by atoms with Gasteiger partial charge < -0.3 is 4.74 Å². The van der Waals surface area contributed by atoms with Crippen LogP contribution in [0, 0.1) is 5.92 Å². The van der Waals surface area contributed by atoms with Crippen LogP contribution >= 0.6 is 11.8 Å². The lowest BCUT2D eigenvalue weighted by Gasteiger charge is -2.27. The van der Waals surface area contributed by atoms with Crippen molar-refractivity contribution in [2.45, 2.75) is 57.3 Å². The van der Waals surface area contributed by atoms with Gasteiger partial charge in [-0.1, -0.05) is 13.8 Å². The van der Waals surface area contributed by atoms with Crippen LogP contribution in [0.15, 0.2) is 0 Å². The SMILES string of the molecule is CCC(C)SCC1CCC(OC)CC1. The number of hydrogen-bond acceptors (Lipinski definition) is 2. The van der Waals surface area contributed by atoms with E-state index in [0.717, 1.165) is 11.2 Å². The molecule has 1 fully saturated rings. The first-order valence-electron chi connectivity index (χ1n) is 5.90. The van der Waals surface area contributed by atoms with Crippen LogP contribution in [0.3, 0.4) is 0 Å². The van der Waals surface area contributed by atoms with Gasteiger partial charge in [-0.25, -0.2) is 0 Å². The number of thioether (sulfide) groups is 1. The predicted molar refractivity (Wildman–Crippen MR) is 65.0 cm³/mol. The molecular formula is C12H24OS. The maximum absolute atomic E-state index is 5.38. The van der Waals surface area contributed by atoms with Gasteiger partial charge in [-0.15, -0.1) is 0 Å². The quantitative estimate of drug-likeness (QED) is 0.692. The molecule has 1 unspecified atom stereocenters. The normalized spacial score (nSPS) is 30.2.